The van der Waals surface area contributed by atoms with Gasteiger partial charge in [0.05, 0.1) is 5.75 Å². The third kappa shape index (κ3) is 3.46. The molecule has 0 bridgehead atoms. The van der Waals surface area contributed by atoms with Crippen LogP contribution in [0.4, 0.5) is 4.39 Å². The number of nitrogens with zero attached hydrogens (tertiary/aromatic N) is 2. The second-order valence-electron chi connectivity index (χ2n) is 6.27. The second-order valence-corrected chi connectivity index (χ2v) is 8.32. The van der Waals surface area contributed by atoms with Crippen molar-refractivity contribution in [3.8, 4) is 0 Å². The van der Waals surface area contributed by atoms with Crippen LogP contribution in [0.25, 0.3) is 10.2 Å². The Bertz CT molecular complexity index is 986. The summed E-state index contributed by atoms with van der Waals surface area (Å²) in [4.78, 5) is 23.8. The molecule has 1 aliphatic carbocycles. The first-order chi connectivity index (χ1) is 12.6. The lowest BCUT2D eigenvalue weighted by Gasteiger charge is -2.07. The normalized spacial score (nSPS) is 13.2. The molecule has 0 fully saturated rings. The molecule has 2 aromatic heterocycles. The van der Waals surface area contributed by atoms with Crippen molar-refractivity contribution in [2.75, 3.05) is 5.75 Å². The van der Waals surface area contributed by atoms with Gasteiger partial charge in [0.15, 0.2) is 0 Å². The topological polar surface area (TPSA) is 54.9 Å². The molecule has 1 amide bonds. The van der Waals surface area contributed by atoms with E-state index in [1.165, 1.54) is 34.7 Å². The van der Waals surface area contributed by atoms with Crippen LogP contribution in [0.1, 0.15) is 28.2 Å². The second kappa shape index (κ2) is 7.32. The van der Waals surface area contributed by atoms with Crippen molar-refractivity contribution in [3.05, 3.63) is 51.9 Å². The van der Waals surface area contributed by atoms with Gasteiger partial charge in [0.25, 0.3) is 0 Å². The number of carbonyl (C=O) groups is 1. The van der Waals surface area contributed by atoms with Gasteiger partial charge in [0.2, 0.25) is 5.91 Å². The van der Waals surface area contributed by atoms with E-state index in [-0.39, 0.29) is 24.0 Å². The number of fused-ring (bicyclic) bond motifs is 3. The fourth-order valence-corrected chi connectivity index (χ4v) is 5.49. The SMILES string of the molecule is Cc1nc(SCC(=O)NCc2ccccc2F)c2c3c(sc2n1)CCC3. The highest BCUT2D eigenvalue weighted by Crippen LogP contribution is 2.40. The van der Waals surface area contributed by atoms with E-state index in [9.17, 15) is 9.18 Å². The molecule has 0 saturated carbocycles. The van der Waals surface area contributed by atoms with E-state index >= 15 is 0 Å². The van der Waals surface area contributed by atoms with Crippen molar-refractivity contribution in [2.45, 2.75) is 37.8 Å². The van der Waals surface area contributed by atoms with Crippen molar-refractivity contribution in [3.63, 3.8) is 0 Å². The maximum absolute atomic E-state index is 13.6. The summed E-state index contributed by atoms with van der Waals surface area (Å²) in [7, 11) is 0. The van der Waals surface area contributed by atoms with Crippen LogP contribution in [-0.2, 0) is 24.2 Å². The Morgan fingerprint density at radius 3 is 3.00 bits per heavy atom. The first kappa shape index (κ1) is 17.4. The Labute approximate surface area is 159 Å². The number of hydrogen-bond donors (Lipinski definition) is 1. The number of rotatable bonds is 5. The number of aryl methyl sites for hydroxylation is 3. The fraction of sp³-hybridized carbons (Fsp3) is 0.316. The summed E-state index contributed by atoms with van der Waals surface area (Å²) in [5.41, 5.74) is 1.85. The fourth-order valence-electron chi connectivity index (χ4n) is 3.19. The summed E-state index contributed by atoms with van der Waals surface area (Å²) in [5.74, 6) is 0.550. The number of carbonyl (C=O) groups excluding carboxylic acids is 1. The zero-order chi connectivity index (χ0) is 18.1. The molecular weight excluding hydrogens is 369 g/mol. The van der Waals surface area contributed by atoms with Crippen molar-refractivity contribution in [1.29, 1.82) is 0 Å². The van der Waals surface area contributed by atoms with E-state index < -0.39 is 0 Å². The maximum atomic E-state index is 13.6. The first-order valence-electron chi connectivity index (χ1n) is 8.53. The molecule has 0 spiro atoms. The zero-order valence-corrected chi connectivity index (χ0v) is 16.0. The molecule has 3 aromatic rings. The molecule has 0 unspecified atom stereocenters. The van der Waals surface area contributed by atoms with Crippen molar-refractivity contribution >= 4 is 39.2 Å². The van der Waals surface area contributed by atoms with Crippen LogP contribution in [0.3, 0.4) is 0 Å². The average Bonchev–Trinajstić information content (AvgIpc) is 3.19. The standard InChI is InChI=1S/C19H18FN3OS2/c1-11-22-18(17-13-6-4-8-15(13)26-19(17)23-11)25-10-16(24)21-9-12-5-2-3-7-14(12)20/h2-3,5,7H,4,6,8-10H2,1H3,(H,21,24). The number of nitrogens with one attached hydrogen (secondary N) is 1. The van der Waals surface area contributed by atoms with Crippen LogP contribution in [0.5, 0.6) is 0 Å². The van der Waals surface area contributed by atoms with Crippen LogP contribution in [0.2, 0.25) is 0 Å². The Kier molecular flexibility index (Phi) is 4.91. The quantitative estimate of drug-likeness (QED) is 0.530. The molecule has 26 heavy (non-hydrogen) atoms. The van der Waals surface area contributed by atoms with Gasteiger partial charge >= 0.3 is 0 Å². The lowest BCUT2D eigenvalue weighted by Crippen LogP contribution is -2.25. The van der Waals surface area contributed by atoms with Gasteiger partial charge < -0.3 is 5.32 Å². The largest absolute Gasteiger partial charge is 0.351 e. The van der Waals surface area contributed by atoms with E-state index in [4.69, 9.17) is 0 Å². The molecule has 0 aliphatic heterocycles. The predicted octanol–water partition coefficient (Wildman–Crippen LogP) is 4.04. The molecule has 0 saturated heterocycles. The predicted molar refractivity (Wildman–Crippen MR) is 103 cm³/mol. The summed E-state index contributed by atoms with van der Waals surface area (Å²) in [6.07, 6.45) is 3.36. The van der Waals surface area contributed by atoms with Gasteiger partial charge in [-0.1, -0.05) is 30.0 Å². The molecule has 2 heterocycles. The molecule has 7 heteroatoms. The van der Waals surface area contributed by atoms with Crippen LogP contribution in [0, 0.1) is 12.7 Å². The monoisotopic (exact) mass is 387 g/mol. The number of amides is 1. The summed E-state index contributed by atoms with van der Waals surface area (Å²) < 4.78 is 13.6. The minimum Gasteiger partial charge on any atom is -0.351 e. The number of thiophene rings is 1. The van der Waals surface area contributed by atoms with Crippen LogP contribution in [0.15, 0.2) is 29.3 Å². The minimum atomic E-state index is -0.303. The number of halogens is 1. The average molecular weight is 388 g/mol. The Morgan fingerprint density at radius 1 is 1.31 bits per heavy atom. The van der Waals surface area contributed by atoms with Crippen molar-refractivity contribution in [1.82, 2.24) is 15.3 Å². The van der Waals surface area contributed by atoms with Gasteiger partial charge in [-0.25, -0.2) is 14.4 Å². The van der Waals surface area contributed by atoms with Crippen LogP contribution in [-0.4, -0.2) is 21.6 Å². The first-order valence-corrected chi connectivity index (χ1v) is 10.3. The Balaban J connectivity index is 1.46. The van der Waals surface area contributed by atoms with Crippen LogP contribution < -0.4 is 5.32 Å². The van der Waals surface area contributed by atoms with Gasteiger partial charge in [-0.15, -0.1) is 11.3 Å². The maximum Gasteiger partial charge on any atom is 0.230 e. The third-order valence-electron chi connectivity index (χ3n) is 4.42. The molecule has 1 N–H and O–H groups in total. The van der Waals surface area contributed by atoms with Gasteiger partial charge in [-0.3, -0.25) is 4.79 Å². The zero-order valence-electron chi connectivity index (χ0n) is 14.3. The molecule has 1 aliphatic rings. The van der Waals surface area contributed by atoms with Gasteiger partial charge in [-0.05, 0) is 37.8 Å². The number of aromatic nitrogens is 2. The van der Waals surface area contributed by atoms with Crippen LogP contribution >= 0.6 is 23.1 Å². The summed E-state index contributed by atoms with van der Waals surface area (Å²) in [6.45, 7) is 2.07. The molecule has 134 valence electrons. The molecule has 1 aromatic carbocycles. The highest BCUT2D eigenvalue weighted by molar-refractivity contribution is 8.00. The molecule has 0 atom stereocenters. The van der Waals surface area contributed by atoms with E-state index in [1.54, 1.807) is 29.5 Å². The number of thioether (sulfide) groups is 1. The van der Waals surface area contributed by atoms with Crippen molar-refractivity contribution < 1.29 is 9.18 Å². The smallest absolute Gasteiger partial charge is 0.230 e. The van der Waals surface area contributed by atoms with Crippen molar-refractivity contribution in [2.24, 2.45) is 0 Å². The van der Waals surface area contributed by atoms with E-state index in [1.807, 2.05) is 6.92 Å². The number of hydrogen-bond acceptors (Lipinski definition) is 5. The van der Waals surface area contributed by atoms with E-state index in [0.717, 1.165) is 33.9 Å². The number of benzene rings is 1. The van der Waals surface area contributed by atoms with Gasteiger partial charge in [0, 0.05) is 22.4 Å². The minimum absolute atomic E-state index is 0.130. The summed E-state index contributed by atoms with van der Waals surface area (Å²) >= 11 is 3.18. The highest BCUT2D eigenvalue weighted by Gasteiger charge is 2.22. The highest BCUT2D eigenvalue weighted by atomic mass is 32.2. The third-order valence-corrected chi connectivity index (χ3v) is 6.58. The Morgan fingerprint density at radius 2 is 2.15 bits per heavy atom. The Hall–Kier alpha value is -1.99. The van der Waals surface area contributed by atoms with E-state index in [0.29, 0.717) is 5.56 Å². The summed E-state index contributed by atoms with van der Waals surface area (Å²) in [5, 5.41) is 4.79. The van der Waals surface area contributed by atoms with E-state index in [2.05, 4.69) is 15.3 Å². The van der Waals surface area contributed by atoms with Gasteiger partial charge in [0.1, 0.15) is 21.5 Å². The van der Waals surface area contributed by atoms with Gasteiger partial charge in [-0.2, -0.15) is 0 Å². The lowest BCUT2D eigenvalue weighted by atomic mass is 10.2. The molecular formula is C19H18FN3OS2. The molecule has 4 rings (SSSR count). The lowest BCUT2D eigenvalue weighted by molar-refractivity contribution is -0.118. The molecule has 4 nitrogen and oxygen atoms in total. The summed E-state index contributed by atoms with van der Waals surface area (Å²) in [6, 6.07) is 6.47. The molecule has 0 radical (unpaired) electrons.